The summed E-state index contributed by atoms with van der Waals surface area (Å²) in [6.07, 6.45) is 0. The van der Waals surface area contributed by atoms with Gasteiger partial charge in [0.05, 0.1) is 19.9 Å². The van der Waals surface area contributed by atoms with Crippen molar-refractivity contribution in [2.75, 3.05) is 19.5 Å². The predicted molar refractivity (Wildman–Crippen MR) is 108 cm³/mol. The van der Waals surface area contributed by atoms with Crippen LogP contribution in [0.2, 0.25) is 0 Å². The number of nitrogens with one attached hydrogen (secondary N) is 1. The summed E-state index contributed by atoms with van der Waals surface area (Å²) >= 11 is 0. The Hall–Kier alpha value is -3.94. The summed E-state index contributed by atoms with van der Waals surface area (Å²) in [4.78, 5) is 12.6. The number of anilines is 1. The first-order valence-electron chi connectivity index (χ1n) is 8.92. The van der Waals surface area contributed by atoms with Crippen LogP contribution < -0.4 is 14.8 Å². The fraction of sp³-hybridized carbons (Fsp3) is 0.143. The SMILES string of the molecule is COc1ccc(C(=O)Nc2ccc(-c3ccc4nnc(C)n4n3)cc2)cc1OC. The maximum Gasteiger partial charge on any atom is 0.255 e. The smallest absolute Gasteiger partial charge is 0.255 e. The molecule has 8 heteroatoms. The first-order chi connectivity index (χ1) is 14.1. The second-order valence-corrected chi connectivity index (χ2v) is 6.34. The lowest BCUT2D eigenvalue weighted by Crippen LogP contribution is -2.12. The van der Waals surface area contributed by atoms with Crippen molar-refractivity contribution in [2.24, 2.45) is 0 Å². The van der Waals surface area contributed by atoms with Crippen molar-refractivity contribution in [1.29, 1.82) is 0 Å². The number of hydrogen-bond donors (Lipinski definition) is 1. The molecule has 0 fully saturated rings. The van der Waals surface area contributed by atoms with E-state index in [1.807, 2.05) is 43.3 Å². The summed E-state index contributed by atoms with van der Waals surface area (Å²) in [6.45, 7) is 1.85. The number of aryl methyl sites for hydroxylation is 1. The van der Waals surface area contributed by atoms with Crippen molar-refractivity contribution in [3.8, 4) is 22.8 Å². The number of fused-ring (bicyclic) bond motifs is 1. The van der Waals surface area contributed by atoms with Gasteiger partial charge in [-0.3, -0.25) is 4.79 Å². The minimum Gasteiger partial charge on any atom is -0.493 e. The number of amides is 1. The molecule has 0 spiro atoms. The summed E-state index contributed by atoms with van der Waals surface area (Å²) in [5.41, 5.74) is 3.56. The van der Waals surface area contributed by atoms with Crippen LogP contribution in [0.5, 0.6) is 11.5 Å². The van der Waals surface area contributed by atoms with Gasteiger partial charge in [-0.2, -0.15) is 9.61 Å². The van der Waals surface area contributed by atoms with E-state index in [4.69, 9.17) is 9.47 Å². The standard InChI is InChI=1S/C21H19N5O3/c1-13-23-24-20-11-9-17(25-26(13)20)14-4-7-16(8-5-14)22-21(27)15-6-10-18(28-2)19(12-15)29-3/h4-12H,1-3H3,(H,22,27). The molecule has 0 bridgehead atoms. The average Bonchev–Trinajstić information content (AvgIpc) is 3.14. The van der Waals surface area contributed by atoms with E-state index in [-0.39, 0.29) is 5.91 Å². The number of benzene rings is 2. The van der Waals surface area contributed by atoms with Crippen molar-refractivity contribution in [2.45, 2.75) is 6.92 Å². The van der Waals surface area contributed by atoms with Crippen LogP contribution in [0, 0.1) is 6.92 Å². The zero-order valence-electron chi connectivity index (χ0n) is 16.2. The third-order valence-electron chi connectivity index (χ3n) is 4.50. The molecule has 2 heterocycles. The van der Waals surface area contributed by atoms with E-state index in [0.717, 1.165) is 17.1 Å². The Morgan fingerprint density at radius 3 is 2.41 bits per heavy atom. The van der Waals surface area contributed by atoms with Crippen LogP contribution in [-0.2, 0) is 0 Å². The Bertz CT molecular complexity index is 1180. The molecule has 0 aliphatic carbocycles. The Morgan fingerprint density at radius 2 is 1.69 bits per heavy atom. The average molecular weight is 389 g/mol. The molecule has 0 unspecified atom stereocenters. The van der Waals surface area contributed by atoms with Crippen LogP contribution in [-0.4, -0.2) is 39.9 Å². The highest BCUT2D eigenvalue weighted by Crippen LogP contribution is 2.28. The van der Waals surface area contributed by atoms with Gasteiger partial charge in [0.2, 0.25) is 0 Å². The van der Waals surface area contributed by atoms with Gasteiger partial charge in [0, 0.05) is 16.8 Å². The molecule has 0 saturated carbocycles. The summed E-state index contributed by atoms with van der Waals surface area (Å²) in [7, 11) is 3.08. The van der Waals surface area contributed by atoms with Gasteiger partial charge in [0.15, 0.2) is 23.0 Å². The van der Waals surface area contributed by atoms with Gasteiger partial charge in [-0.25, -0.2) is 0 Å². The number of carbonyl (C=O) groups excluding carboxylic acids is 1. The zero-order valence-corrected chi connectivity index (χ0v) is 16.2. The third kappa shape index (κ3) is 3.60. The number of rotatable bonds is 5. The van der Waals surface area contributed by atoms with Crippen LogP contribution in [0.4, 0.5) is 5.69 Å². The van der Waals surface area contributed by atoms with E-state index in [2.05, 4.69) is 20.6 Å². The highest BCUT2D eigenvalue weighted by molar-refractivity contribution is 6.04. The topological polar surface area (TPSA) is 90.6 Å². The van der Waals surface area contributed by atoms with Gasteiger partial charge in [-0.15, -0.1) is 10.2 Å². The van der Waals surface area contributed by atoms with Crippen LogP contribution in [0.3, 0.4) is 0 Å². The van der Waals surface area contributed by atoms with E-state index in [0.29, 0.717) is 28.4 Å². The second-order valence-electron chi connectivity index (χ2n) is 6.34. The summed E-state index contributed by atoms with van der Waals surface area (Å²) in [6, 6.07) is 16.3. The van der Waals surface area contributed by atoms with E-state index in [1.165, 1.54) is 7.11 Å². The summed E-state index contributed by atoms with van der Waals surface area (Å²) < 4.78 is 12.1. The maximum atomic E-state index is 12.6. The van der Waals surface area contributed by atoms with Crippen LogP contribution in [0.1, 0.15) is 16.2 Å². The molecule has 0 atom stereocenters. The third-order valence-corrected chi connectivity index (χ3v) is 4.50. The lowest BCUT2D eigenvalue weighted by atomic mass is 10.1. The number of hydrogen-bond acceptors (Lipinski definition) is 6. The van der Waals surface area contributed by atoms with Crippen molar-refractivity contribution >= 4 is 17.2 Å². The highest BCUT2D eigenvalue weighted by Gasteiger charge is 2.11. The van der Waals surface area contributed by atoms with Crippen molar-refractivity contribution < 1.29 is 14.3 Å². The van der Waals surface area contributed by atoms with Crippen LogP contribution in [0.15, 0.2) is 54.6 Å². The number of ether oxygens (including phenoxy) is 2. The monoisotopic (exact) mass is 389 g/mol. The number of nitrogens with zero attached hydrogens (tertiary/aromatic N) is 4. The quantitative estimate of drug-likeness (QED) is 0.563. The van der Waals surface area contributed by atoms with E-state index >= 15 is 0 Å². The lowest BCUT2D eigenvalue weighted by Gasteiger charge is -2.10. The molecule has 0 radical (unpaired) electrons. The number of carbonyl (C=O) groups is 1. The molecule has 29 heavy (non-hydrogen) atoms. The molecule has 0 aliphatic rings. The van der Waals surface area contributed by atoms with Gasteiger partial charge in [0.1, 0.15) is 0 Å². The minimum absolute atomic E-state index is 0.238. The second kappa shape index (κ2) is 7.59. The van der Waals surface area contributed by atoms with Gasteiger partial charge in [-0.1, -0.05) is 12.1 Å². The number of methoxy groups -OCH3 is 2. The maximum absolute atomic E-state index is 12.6. The molecule has 2 aromatic heterocycles. The molecular weight excluding hydrogens is 370 g/mol. The van der Waals surface area contributed by atoms with Crippen LogP contribution >= 0.6 is 0 Å². The van der Waals surface area contributed by atoms with Gasteiger partial charge in [0.25, 0.3) is 5.91 Å². The van der Waals surface area contributed by atoms with Crippen molar-refractivity contribution in [3.05, 3.63) is 66.0 Å². The molecule has 0 saturated heterocycles. The normalized spacial score (nSPS) is 10.7. The molecule has 1 N–H and O–H groups in total. The van der Waals surface area contributed by atoms with E-state index in [1.54, 1.807) is 29.8 Å². The first-order valence-corrected chi connectivity index (χ1v) is 8.92. The van der Waals surface area contributed by atoms with E-state index in [9.17, 15) is 4.79 Å². The zero-order chi connectivity index (χ0) is 20.4. The fourth-order valence-corrected chi connectivity index (χ4v) is 2.96. The Kier molecular flexibility index (Phi) is 4.82. The predicted octanol–water partition coefficient (Wildman–Crippen LogP) is 3.37. The molecule has 0 aliphatic heterocycles. The fourth-order valence-electron chi connectivity index (χ4n) is 2.96. The largest absolute Gasteiger partial charge is 0.493 e. The molecule has 4 rings (SSSR count). The van der Waals surface area contributed by atoms with Gasteiger partial charge < -0.3 is 14.8 Å². The first kappa shape index (κ1) is 18.4. The van der Waals surface area contributed by atoms with Crippen molar-refractivity contribution in [3.63, 3.8) is 0 Å². The van der Waals surface area contributed by atoms with E-state index < -0.39 is 0 Å². The molecule has 146 valence electrons. The summed E-state index contributed by atoms with van der Waals surface area (Å²) in [5.74, 6) is 1.56. The Balaban J connectivity index is 1.53. The van der Waals surface area contributed by atoms with Gasteiger partial charge in [-0.05, 0) is 49.4 Å². The summed E-state index contributed by atoms with van der Waals surface area (Å²) in [5, 5.41) is 15.5. The number of aromatic nitrogens is 4. The Labute approximate surface area is 167 Å². The molecule has 8 nitrogen and oxygen atoms in total. The van der Waals surface area contributed by atoms with Crippen LogP contribution in [0.25, 0.3) is 16.9 Å². The molecule has 2 aromatic carbocycles. The molecule has 1 amide bonds. The highest BCUT2D eigenvalue weighted by atomic mass is 16.5. The lowest BCUT2D eigenvalue weighted by molar-refractivity contribution is 0.102. The van der Waals surface area contributed by atoms with Gasteiger partial charge >= 0.3 is 0 Å². The minimum atomic E-state index is -0.238. The Morgan fingerprint density at radius 1 is 0.931 bits per heavy atom. The van der Waals surface area contributed by atoms with Crippen molar-refractivity contribution in [1.82, 2.24) is 19.8 Å². The molecule has 4 aromatic rings. The molecular formula is C21H19N5O3.